The molecule has 2 aromatic carbocycles. The fourth-order valence-electron chi connectivity index (χ4n) is 2.27. The third kappa shape index (κ3) is 7.42. The summed E-state index contributed by atoms with van der Waals surface area (Å²) in [6.07, 6.45) is 1.67. The van der Waals surface area contributed by atoms with Crippen LogP contribution in [0.25, 0.3) is 0 Å². The lowest BCUT2D eigenvalue weighted by Gasteiger charge is -2.12. The van der Waals surface area contributed by atoms with Crippen LogP contribution in [0.1, 0.15) is 6.92 Å². The SMILES string of the molecule is C=CCOc1ccccc1NCC(=O)Nc1ccc(OCCOCC)cc1. The first-order valence-corrected chi connectivity index (χ1v) is 8.90. The average molecular weight is 370 g/mol. The molecule has 0 saturated heterocycles. The zero-order valence-corrected chi connectivity index (χ0v) is 15.6. The van der Waals surface area contributed by atoms with Crippen molar-refractivity contribution in [1.29, 1.82) is 0 Å². The Morgan fingerprint density at radius 3 is 2.59 bits per heavy atom. The van der Waals surface area contributed by atoms with Crippen molar-refractivity contribution in [3.8, 4) is 11.5 Å². The third-order valence-corrected chi connectivity index (χ3v) is 3.52. The highest BCUT2D eigenvalue weighted by molar-refractivity contribution is 5.94. The van der Waals surface area contributed by atoms with Crippen molar-refractivity contribution in [2.75, 3.05) is 43.6 Å². The molecule has 2 N–H and O–H groups in total. The number of ether oxygens (including phenoxy) is 3. The smallest absolute Gasteiger partial charge is 0.243 e. The zero-order chi connectivity index (χ0) is 19.3. The lowest BCUT2D eigenvalue weighted by molar-refractivity contribution is -0.114. The molecule has 0 spiro atoms. The molecule has 0 fully saturated rings. The lowest BCUT2D eigenvalue weighted by Crippen LogP contribution is -2.22. The van der Waals surface area contributed by atoms with Gasteiger partial charge in [0, 0.05) is 12.3 Å². The molecule has 0 heterocycles. The van der Waals surface area contributed by atoms with Crippen molar-refractivity contribution in [2.24, 2.45) is 0 Å². The molecule has 0 unspecified atom stereocenters. The molecule has 144 valence electrons. The van der Waals surface area contributed by atoms with E-state index in [0.29, 0.717) is 37.9 Å². The van der Waals surface area contributed by atoms with E-state index in [9.17, 15) is 4.79 Å². The van der Waals surface area contributed by atoms with Gasteiger partial charge in [0.15, 0.2) is 0 Å². The van der Waals surface area contributed by atoms with Gasteiger partial charge in [0.1, 0.15) is 24.7 Å². The Labute approximate surface area is 160 Å². The normalized spacial score (nSPS) is 10.1. The summed E-state index contributed by atoms with van der Waals surface area (Å²) in [5.74, 6) is 1.26. The molecule has 6 nitrogen and oxygen atoms in total. The Kier molecular flexibility index (Phi) is 8.73. The van der Waals surface area contributed by atoms with Gasteiger partial charge in [-0.3, -0.25) is 4.79 Å². The van der Waals surface area contributed by atoms with Crippen LogP contribution in [0.5, 0.6) is 11.5 Å². The molecule has 0 atom stereocenters. The zero-order valence-electron chi connectivity index (χ0n) is 15.6. The van der Waals surface area contributed by atoms with Crippen LogP contribution in [0.3, 0.4) is 0 Å². The Hall–Kier alpha value is -2.99. The van der Waals surface area contributed by atoms with Crippen molar-refractivity contribution in [3.05, 3.63) is 61.2 Å². The number of nitrogens with one attached hydrogen (secondary N) is 2. The molecule has 27 heavy (non-hydrogen) atoms. The van der Waals surface area contributed by atoms with Crippen molar-refractivity contribution >= 4 is 17.3 Å². The second-order valence-electron chi connectivity index (χ2n) is 5.57. The number of para-hydroxylation sites is 2. The predicted molar refractivity (Wildman–Crippen MR) is 108 cm³/mol. The molecule has 2 aromatic rings. The highest BCUT2D eigenvalue weighted by atomic mass is 16.5. The molecular formula is C21H26N2O4. The number of anilines is 2. The van der Waals surface area contributed by atoms with Gasteiger partial charge < -0.3 is 24.8 Å². The molecule has 0 bridgehead atoms. The number of hydrogen-bond acceptors (Lipinski definition) is 5. The second kappa shape index (κ2) is 11.6. The van der Waals surface area contributed by atoms with Gasteiger partial charge in [-0.05, 0) is 43.3 Å². The van der Waals surface area contributed by atoms with Crippen molar-refractivity contribution < 1.29 is 19.0 Å². The van der Waals surface area contributed by atoms with Crippen LogP contribution in [0.4, 0.5) is 11.4 Å². The molecule has 0 aromatic heterocycles. The van der Waals surface area contributed by atoms with E-state index in [-0.39, 0.29) is 12.5 Å². The molecule has 0 aliphatic carbocycles. The Morgan fingerprint density at radius 1 is 1.07 bits per heavy atom. The van der Waals surface area contributed by atoms with Crippen LogP contribution >= 0.6 is 0 Å². The van der Waals surface area contributed by atoms with E-state index in [1.54, 1.807) is 18.2 Å². The number of rotatable bonds is 12. The minimum atomic E-state index is -0.154. The second-order valence-corrected chi connectivity index (χ2v) is 5.57. The van der Waals surface area contributed by atoms with E-state index in [2.05, 4.69) is 17.2 Å². The summed E-state index contributed by atoms with van der Waals surface area (Å²) in [6, 6.07) is 14.7. The van der Waals surface area contributed by atoms with Crippen LogP contribution in [-0.2, 0) is 9.53 Å². The van der Waals surface area contributed by atoms with Crippen LogP contribution < -0.4 is 20.1 Å². The van der Waals surface area contributed by atoms with E-state index in [0.717, 1.165) is 11.4 Å². The maximum absolute atomic E-state index is 12.2. The number of carbonyl (C=O) groups excluding carboxylic acids is 1. The van der Waals surface area contributed by atoms with Crippen molar-refractivity contribution in [3.63, 3.8) is 0 Å². The fourth-order valence-corrected chi connectivity index (χ4v) is 2.27. The lowest BCUT2D eigenvalue weighted by atomic mass is 10.3. The highest BCUT2D eigenvalue weighted by Crippen LogP contribution is 2.23. The van der Waals surface area contributed by atoms with Gasteiger partial charge in [-0.1, -0.05) is 24.8 Å². The minimum absolute atomic E-state index is 0.126. The van der Waals surface area contributed by atoms with Gasteiger partial charge in [-0.25, -0.2) is 0 Å². The van der Waals surface area contributed by atoms with Gasteiger partial charge in [0.2, 0.25) is 5.91 Å². The summed E-state index contributed by atoms with van der Waals surface area (Å²) in [6.45, 7) is 7.83. The van der Waals surface area contributed by atoms with Crippen molar-refractivity contribution in [1.82, 2.24) is 0 Å². The Bertz CT molecular complexity index is 716. The summed E-state index contributed by atoms with van der Waals surface area (Å²) < 4.78 is 16.3. The topological polar surface area (TPSA) is 68.8 Å². The van der Waals surface area contributed by atoms with E-state index in [1.807, 2.05) is 43.3 Å². The average Bonchev–Trinajstić information content (AvgIpc) is 2.70. The van der Waals surface area contributed by atoms with E-state index in [1.165, 1.54) is 0 Å². The summed E-state index contributed by atoms with van der Waals surface area (Å²) in [5, 5.41) is 5.92. The quantitative estimate of drug-likeness (QED) is 0.440. The first-order valence-electron chi connectivity index (χ1n) is 8.90. The first-order chi connectivity index (χ1) is 13.2. The van der Waals surface area contributed by atoms with Crippen LogP contribution in [0, 0.1) is 0 Å². The molecular weight excluding hydrogens is 344 g/mol. The molecule has 2 rings (SSSR count). The monoisotopic (exact) mass is 370 g/mol. The summed E-state index contributed by atoms with van der Waals surface area (Å²) in [5.41, 5.74) is 1.46. The first kappa shape index (κ1) is 20.3. The van der Waals surface area contributed by atoms with Crippen LogP contribution in [0.15, 0.2) is 61.2 Å². The molecule has 0 aliphatic heterocycles. The maximum Gasteiger partial charge on any atom is 0.243 e. The minimum Gasteiger partial charge on any atom is -0.491 e. The fraction of sp³-hybridized carbons (Fsp3) is 0.286. The van der Waals surface area contributed by atoms with Crippen LogP contribution in [0.2, 0.25) is 0 Å². The van der Waals surface area contributed by atoms with E-state index in [4.69, 9.17) is 14.2 Å². The summed E-state index contributed by atoms with van der Waals surface area (Å²) in [4.78, 5) is 12.2. The van der Waals surface area contributed by atoms with Gasteiger partial charge in [-0.15, -0.1) is 0 Å². The molecule has 6 heteroatoms. The number of carbonyl (C=O) groups is 1. The molecule has 0 saturated carbocycles. The Morgan fingerprint density at radius 2 is 1.85 bits per heavy atom. The van der Waals surface area contributed by atoms with Gasteiger partial charge in [0.05, 0.1) is 18.8 Å². The van der Waals surface area contributed by atoms with Crippen molar-refractivity contribution in [2.45, 2.75) is 6.92 Å². The maximum atomic E-state index is 12.2. The summed E-state index contributed by atoms with van der Waals surface area (Å²) >= 11 is 0. The number of benzene rings is 2. The van der Waals surface area contributed by atoms with Crippen LogP contribution in [-0.4, -0.2) is 38.9 Å². The standard InChI is InChI=1S/C21H26N2O4/c1-3-13-27-20-8-6-5-7-19(20)22-16-21(24)23-17-9-11-18(12-10-17)26-15-14-25-4-2/h3,5-12,22H,1,4,13-16H2,2H3,(H,23,24). The van der Waals surface area contributed by atoms with E-state index >= 15 is 0 Å². The molecule has 0 aliphatic rings. The summed E-state index contributed by atoms with van der Waals surface area (Å²) in [7, 11) is 0. The van der Waals surface area contributed by atoms with Gasteiger partial charge in [0.25, 0.3) is 0 Å². The molecule has 1 amide bonds. The predicted octanol–water partition coefficient (Wildman–Crippen LogP) is 3.72. The third-order valence-electron chi connectivity index (χ3n) is 3.52. The van der Waals surface area contributed by atoms with E-state index < -0.39 is 0 Å². The highest BCUT2D eigenvalue weighted by Gasteiger charge is 2.06. The van der Waals surface area contributed by atoms with Gasteiger partial charge >= 0.3 is 0 Å². The number of amides is 1. The molecule has 0 radical (unpaired) electrons. The van der Waals surface area contributed by atoms with Gasteiger partial charge in [-0.2, -0.15) is 0 Å². The number of hydrogen-bond donors (Lipinski definition) is 2. The largest absolute Gasteiger partial charge is 0.491 e. The Balaban J connectivity index is 1.79.